The average molecular weight is 249 g/mol. The molecule has 0 radical (unpaired) electrons. The second-order valence-corrected chi connectivity index (χ2v) is 4.81. The first kappa shape index (κ1) is 10.6. The van der Waals surface area contributed by atoms with E-state index in [9.17, 15) is 0 Å². The second-order valence-electron chi connectivity index (χ2n) is 4.37. The predicted molar refractivity (Wildman–Crippen MR) is 68.2 cm³/mol. The fraction of sp³-hybridized carbons (Fsp3) is 0.250. The highest BCUT2D eigenvalue weighted by atomic mass is 35.5. The minimum atomic E-state index is 0.690. The van der Waals surface area contributed by atoms with Gasteiger partial charge in [-0.05, 0) is 25.2 Å². The number of fused-ring (bicyclic) bond motifs is 1. The molecule has 1 aromatic carbocycles. The summed E-state index contributed by atoms with van der Waals surface area (Å²) in [5.41, 5.74) is 9.23. The Hall–Kier alpha value is -1.52. The smallest absolute Gasteiger partial charge is 0.132 e. The van der Waals surface area contributed by atoms with E-state index < -0.39 is 0 Å². The Kier molecular flexibility index (Phi) is 2.34. The molecule has 0 fully saturated rings. The molecule has 2 heterocycles. The molecule has 1 aliphatic heterocycles. The van der Waals surface area contributed by atoms with Crippen LogP contribution in [0.2, 0.25) is 5.02 Å². The zero-order valence-electron chi connectivity index (χ0n) is 9.52. The Morgan fingerprint density at radius 1 is 1.35 bits per heavy atom. The lowest BCUT2D eigenvalue weighted by Gasteiger charge is -2.09. The SMILES string of the molecule is CN1Cc2nn(-c3cccc(Cl)c3)c(N)c2C1. The maximum Gasteiger partial charge on any atom is 0.132 e. The van der Waals surface area contributed by atoms with Gasteiger partial charge in [-0.2, -0.15) is 5.10 Å². The van der Waals surface area contributed by atoms with Crippen molar-refractivity contribution in [3.63, 3.8) is 0 Å². The van der Waals surface area contributed by atoms with Crippen LogP contribution in [-0.2, 0) is 13.1 Å². The lowest BCUT2D eigenvalue weighted by atomic mass is 10.3. The third kappa shape index (κ3) is 1.69. The number of rotatable bonds is 1. The third-order valence-corrected chi connectivity index (χ3v) is 3.24. The largest absolute Gasteiger partial charge is 0.383 e. The molecule has 0 bridgehead atoms. The van der Waals surface area contributed by atoms with Crippen molar-refractivity contribution < 1.29 is 0 Å². The number of hydrogen-bond acceptors (Lipinski definition) is 3. The van der Waals surface area contributed by atoms with E-state index in [-0.39, 0.29) is 0 Å². The Labute approximate surface area is 105 Å². The maximum absolute atomic E-state index is 6.13. The summed E-state index contributed by atoms with van der Waals surface area (Å²) in [7, 11) is 2.06. The van der Waals surface area contributed by atoms with E-state index >= 15 is 0 Å². The van der Waals surface area contributed by atoms with E-state index in [1.54, 1.807) is 4.68 Å². The molecular weight excluding hydrogens is 236 g/mol. The molecule has 2 N–H and O–H groups in total. The lowest BCUT2D eigenvalue weighted by Crippen LogP contribution is -2.12. The van der Waals surface area contributed by atoms with Gasteiger partial charge in [0.25, 0.3) is 0 Å². The van der Waals surface area contributed by atoms with Gasteiger partial charge in [0, 0.05) is 23.7 Å². The first-order valence-electron chi connectivity index (χ1n) is 5.46. The van der Waals surface area contributed by atoms with Crippen LogP contribution in [0.1, 0.15) is 11.3 Å². The van der Waals surface area contributed by atoms with Gasteiger partial charge in [-0.1, -0.05) is 17.7 Å². The molecule has 5 heteroatoms. The standard InChI is InChI=1S/C12H13ClN4/c1-16-6-10-11(7-16)15-17(12(10)14)9-4-2-3-8(13)5-9/h2-5H,6-7,14H2,1H3. The van der Waals surface area contributed by atoms with Gasteiger partial charge in [-0.25, -0.2) is 4.68 Å². The van der Waals surface area contributed by atoms with E-state index in [0.717, 1.165) is 30.0 Å². The number of nitrogens with zero attached hydrogens (tertiary/aromatic N) is 3. The first-order valence-corrected chi connectivity index (χ1v) is 5.83. The topological polar surface area (TPSA) is 47.1 Å². The molecule has 0 amide bonds. The number of hydrogen-bond donors (Lipinski definition) is 1. The summed E-state index contributed by atoms with van der Waals surface area (Å²) in [6.45, 7) is 1.72. The normalized spacial score (nSPS) is 15.2. The summed E-state index contributed by atoms with van der Waals surface area (Å²) in [5.74, 6) is 0.714. The Balaban J connectivity index is 2.09. The maximum atomic E-state index is 6.13. The minimum absolute atomic E-state index is 0.690. The van der Waals surface area contributed by atoms with Crippen molar-refractivity contribution in [3.8, 4) is 5.69 Å². The number of anilines is 1. The molecule has 0 aliphatic carbocycles. The number of nitrogens with two attached hydrogens (primary N) is 1. The summed E-state index contributed by atoms with van der Waals surface area (Å²) in [5, 5.41) is 5.23. The van der Waals surface area contributed by atoms with Crippen LogP contribution in [0.15, 0.2) is 24.3 Å². The van der Waals surface area contributed by atoms with Crippen LogP contribution < -0.4 is 5.73 Å². The number of halogens is 1. The molecule has 17 heavy (non-hydrogen) atoms. The molecule has 2 aromatic rings. The van der Waals surface area contributed by atoms with Gasteiger partial charge in [-0.3, -0.25) is 4.90 Å². The van der Waals surface area contributed by atoms with Gasteiger partial charge in [0.15, 0.2) is 0 Å². The summed E-state index contributed by atoms with van der Waals surface area (Å²) >= 11 is 5.97. The summed E-state index contributed by atoms with van der Waals surface area (Å²) in [6, 6.07) is 7.56. The average Bonchev–Trinajstić information content (AvgIpc) is 2.78. The van der Waals surface area contributed by atoms with E-state index in [1.807, 2.05) is 24.3 Å². The number of nitrogen functional groups attached to an aromatic ring is 1. The van der Waals surface area contributed by atoms with E-state index in [2.05, 4.69) is 17.0 Å². The monoisotopic (exact) mass is 248 g/mol. The molecule has 0 atom stereocenters. The van der Waals surface area contributed by atoms with Crippen LogP contribution in [0.25, 0.3) is 5.69 Å². The number of aromatic nitrogens is 2. The van der Waals surface area contributed by atoms with Crippen LogP contribution in [0.3, 0.4) is 0 Å². The molecule has 0 unspecified atom stereocenters. The highest BCUT2D eigenvalue weighted by Gasteiger charge is 2.24. The van der Waals surface area contributed by atoms with Gasteiger partial charge in [0.05, 0.1) is 11.4 Å². The molecule has 1 aromatic heterocycles. The van der Waals surface area contributed by atoms with Gasteiger partial charge in [-0.15, -0.1) is 0 Å². The van der Waals surface area contributed by atoms with Crippen molar-refractivity contribution in [1.82, 2.24) is 14.7 Å². The molecule has 1 aliphatic rings. The first-order chi connectivity index (χ1) is 8.15. The second kappa shape index (κ2) is 3.75. The minimum Gasteiger partial charge on any atom is -0.383 e. The zero-order chi connectivity index (χ0) is 12.0. The van der Waals surface area contributed by atoms with Crippen LogP contribution in [0.4, 0.5) is 5.82 Å². The van der Waals surface area contributed by atoms with Gasteiger partial charge in [0.2, 0.25) is 0 Å². The molecule has 0 spiro atoms. The Bertz CT molecular complexity index is 576. The molecular formula is C12H13ClN4. The van der Waals surface area contributed by atoms with Gasteiger partial charge >= 0.3 is 0 Å². The molecule has 0 saturated heterocycles. The van der Waals surface area contributed by atoms with Crippen molar-refractivity contribution in [1.29, 1.82) is 0 Å². The predicted octanol–water partition coefficient (Wildman–Crippen LogP) is 2.05. The molecule has 4 nitrogen and oxygen atoms in total. The highest BCUT2D eigenvalue weighted by molar-refractivity contribution is 6.30. The van der Waals surface area contributed by atoms with Crippen molar-refractivity contribution in [3.05, 3.63) is 40.5 Å². The van der Waals surface area contributed by atoms with E-state index in [4.69, 9.17) is 17.3 Å². The van der Waals surface area contributed by atoms with Crippen molar-refractivity contribution >= 4 is 17.4 Å². The van der Waals surface area contributed by atoms with Crippen molar-refractivity contribution in [2.24, 2.45) is 0 Å². The lowest BCUT2D eigenvalue weighted by molar-refractivity contribution is 0.348. The fourth-order valence-electron chi connectivity index (χ4n) is 2.20. The van der Waals surface area contributed by atoms with Crippen LogP contribution in [-0.4, -0.2) is 21.7 Å². The van der Waals surface area contributed by atoms with E-state index in [0.29, 0.717) is 10.8 Å². The Morgan fingerprint density at radius 2 is 2.18 bits per heavy atom. The third-order valence-electron chi connectivity index (χ3n) is 3.01. The summed E-state index contributed by atoms with van der Waals surface area (Å²) < 4.78 is 1.77. The molecule has 0 saturated carbocycles. The zero-order valence-corrected chi connectivity index (χ0v) is 10.3. The molecule has 88 valence electrons. The van der Waals surface area contributed by atoms with Crippen LogP contribution in [0.5, 0.6) is 0 Å². The summed E-state index contributed by atoms with van der Waals surface area (Å²) in [4.78, 5) is 2.19. The van der Waals surface area contributed by atoms with Crippen molar-refractivity contribution in [2.75, 3.05) is 12.8 Å². The van der Waals surface area contributed by atoms with Crippen molar-refractivity contribution in [2.45, 2.75) is 13.1 Å². The quantitative estimate of drug-likeness (QED) is 0.840. The van der Waals surface area contributed by atoms with Crippen LogP contribution in [0, 0.1) is 0 Å². The molecule has 3 rings (SSSR count). The highest BCUT2D eigenvalue weighted by Crippen LogP contribution is 2.28. The fourth-order valence-corrected chi connectivity index (χ4v) is 2.38. The summed E-state index contributed by atoms with van der Waals surface area (Å²) in [6.07, 6.45) is 0. The van der Waals surface area contributed by atoms with E-state index in [1.165, 1.54) is 0 Å². The van der Waals surface area contributed by atoms with Crippen LogP contribution >= 0.6 is 11.6 Å². The number of benzene rings is 1. The van der Waals surface area contributed by atoms with Gasteiger partial charge in [0.1, 0.15) is 5.82 Å². The van der Waals surface area contributed by atoms with Gasteiger partial charge < -0.3 is 5.73 Å². The Morgan fingerprint density at radius 3 is 2.88 bits per heavy atom.